The van der Waals surface area contributed by atoms with E-state index in [4.69, 9.17) is 33.7 Å². The average Bonchev–Trinajstić information content (AvgIpc) is 2.42. The molecule has 0 aliphatic rings. The maximum absolute atomic E-state index is 6.18. The fraction of sp³-hybridized carbons (Fsp3) is 0.562. The summed E-state index contributed by atoms with van der Waals surface area (Å²) in [5.41, 5.74) is 6.83. The van der Waals surface area contributed by atoms with Crippen molar-refractivity contribution in [1.29, 1.82) is 0 Å². The lowest BCUT2D eigenvalue weighted by atomic mass is 10.1. The number of rotatable bonds is 8. The van der Waals surface area contributed by atoms with Gasteiger partial charge in [-0.15, -0.1) is 24.0 Å². The average molecular weight is 474 g/mol. The van der Waals surface area contributed by atoms with Crippen LogP contribution in [-0.4, -0.2) is 25.2 Å². The fourth-order valence-electron chi connectivity index (χ4n) is 1.93. The van der Waals surface area contributed by atoms with Crippen LogP contribution in [0.15, 0.2) is 23.2 Å². The zero-order valence-electron chi connectivity index (χ0n) is 13.8. The van der Waals surface area contributed by atoms with Crippen LogP contribution in [0.5, 0.6) is 0 Å². The van der Waals surface area contributed by atoms with Gasteiger partial charge in [0.15, 0.2) is 5.96 Å². The van der Waals surface area contributed by atoms with E-state index in [-0.39, 0.29) is 36.1 Å². The van der Waals surface area contributed by atoms with Crippen LogP contribution in [0.4, 0.5) is 0 Å². The summed E-state index contributed by atoms with van der Waals surface area (Å²) in [5, 5.41) is 4.37. The normalized spacial score (nSPS) is 12.9. The van der Waals surface area contributed by atoms with Crippen molar-refractivity contribution in [3.63, 3.8) is 0 Å². The van der Waals surface area contributed by atoms with Crippen molar-refractivity contribution in [3.05, 3.63) is 33.8 Å². The molecule has 0 amide bonds. The number of nitrogens with two attached hydrogens (primary N) is 1. The van der Waals surface area contributed by atoms with E-state index in [1.807, 2.05) is 32.9 Å². The summed E-state index contributed by atoms with van der Waals surface area (Å²) in [4.78, 5) is 4.31. The molecule has 0 saturated carbocycles. The monoisotopic (exact) mass is 473 g/mol. The first-order chi connectivity index (χ1) is 10.4. The lowest BCUT2D eigenvalue weighted by Crippen LogP contribution is -2.34. The van der Waals surface area contributed by atoms with Crippen LogP contribution in [-0.2, 0) is 4.74 Å². The second-order valence-corrected chi connectivity index (χ2v) is 6.27. The molecule has 0 fully saturated rings. The summed E-state index contributed by atoms with van der Waals surface area (Å²) in [7, 11) is 0. The molecule has 1 rings (SSSR count). The van der Waals surface area contributed by atoms with Crippen molar-refractivity contribution in [2.24, 2.45) is 10.7 Å². The van der Waals surface area contributed by atoms with Crippen LogP contribution in [0, 0.1) is 0 Å². The topological polar surface area (TPSA) is 59.6 Å². The summed E-state index contributed by atoms with van der Waals surface area (Å²) < 4.78 is 5.47. The van der Waals surface area contributed by atoms with E-state index >= 15 is 0 Å². The molecule has 1 atom stereocenters. The number of aliphatic imine (C=N–C) groups is 1. The SMILES string of the molecule is CC(C)OCCCCN=C(N)NC(C)c1ccc(Cl)cc1Cl.I. The summed E-state index contributed by atoms with van der Waals surface area (Å²) in [6.45, 7) is 7.49. The van der Waals surface area contributed by atoms with E-state index < -0.39 is 0 Å². The highest BCUT2D eigenvalue weighted by molar-refractivity contribution is 14.0. The zero-order chi connectivity index (χ0) is 16.5. The molecule has 0 heterocycles. The van der Waals surface area contributed by atoms with Crippen molar-refractivity contribution in [2.75, 3.05) is 13.2 Å². The number of halogens is 3. The van der Waals surface area contributed by atoms with Crippen molar-refractivity contribution in [2.45, 2.75) is 45.8 Å². The van der Waals surface area contributed by atoms with Crippen molar-refractivity contribution < 1.29 is 4.74 Å². The number of ether oxygens (including phenoxy) is 1. The molecule has 0 saturated heterocycles. The van der Waals surface area contributed by atoms with Gasteiger partial charge >= 0.3 is 0 Å². The molecule has 132 valence electrons. The van der Waals surface area contributed by atoms with Gasteiger partial charge in [0.1, 0.15) is 0 Å². The van der Waals surface area contributed by atoms with E-state index in [1.165, 1.54) is 0 Å². The Morgan fingerprint density at radius 1 is 1.26 bits per heavy atom. The highest BCUT2D eigenvalue weighted by Gasteiger charge is 2.10. The molecule has 1 aromatic carbocycles. The van der Waals surface area contributed by atoms with Crippen LogP contribution in [0.2, 0.25) is 10.0 Å². The first-order valence-corrected chi connectivity index (χ1v) is 8.28. The Kier molecular flexibility index (Phi) is 12.0. The van der Waals surface area contributed by atoms with Gasteiger partial charge < -0.3 is 15.8 Å². The summed E-state index contributed by atoms with van der Waals surface area (Å²) in [6.07, 6.45) is 2.21. The molecule has 23 heavy (non-hydrogen) atoms. The second kappa shape index (κ2) is 12.2. The third kappa shape index (κ3) is 9.59. The maximum Gasteiger partial charge on any atom is 0.189 e. The van der Waals surface area contributed by atoms with Gasteiger partial charge in [-0.05, 0) is 51.3 Å². The van der Waals surface area contributed by atoms with Gasteiger partial charge in [0.25, 0.3) is 0 Å². The molecule has 0 aliphatic heterocycles. The highest BCUT2D eigenvalue weighted by atomic mass is 127. The van der Waals surface area contributed by atoms with E-state index in [0.717, 1.165) is 25.0 Å². The van der Waals surface area contributed by atoms with Crippen LogP contribution in [0.1, 0.15) is 45.2 Å². The smallest absolute Gasteiger partial charge is 0.189 e. The van der Waals surface area contributed by atoms with Crippen LogP contribution >= 0.6 is 47.2 Å². The second-order valence-electron chi connectivity index (χ2n) is 5.43. The summed E-state index contributed by atoms with van der Waals surface area (Å²) >= 11 is 12.1. The number of benzene rings is 1. The van der Waals surface area contributed by atoms with Gasteiger partial charge in [0, 0.05) is 23.2 Å². The molecule has 0 bridgehead atoms. The number of nitrogens with zero attached hydrogens (tertiary/aromatic N) is 1. The molecule has 1 unspecified atom stereocenters. The minimum Gasteiger partial charge on any atom is -0.379 e. The molecule has 0 spiro atoms. The van der Waals surface area contributed by atoms with Crippen LogP contribution in [0.25, 0.3) is 0 Å². The fourth-order valence-corrected chi connectivity index (χ4v) is 2.50. The molecule has 0 radical (unpaired) electrons. The maximum atomic E-state index is 6.18. The standard InChI is InChI=1S/C16H25Cl2N3O.HI/c1-11(2)22-9-5-4-8-20-16(19)21-12(3)14-7-6-13(17)10-15(14)18;/h6-7,10-12H,4-5,8-9H2,1-3H3,(H3,19,20,21);1H. The third-order valence-corrected chi connectivity index (χ3v) is 3.64. The molecule has 1 aromatic rings. The Hall–Kier alpha value is -0.240. The lowest BCUT2D eigenvalue weighted by molar-refractivity contribution is 0.0764. The quantitative estimate of drug-likeness (QED) is 0.247. The lowest BCUT2D eigenvalue weighted by Gasteiger charge is -2.16. The minimum atomic E-state index is -0.0298. The number of nitrogens with one attached hydrogen (secondary N) is 1. The van der Waals surface area contributed by atoms with Gasteiger partial charge in [-0.2, -0.15) is 0 Å². The molecule has 0 aromatic heterocycles. The Morgan fingerprint density at radius 2 is 1.96 bits per heavy atom. The van der Waals surface area contributed by atoms with Gasteiger partial charge in [-0.25, -0.2) is 0 Å². The van der Waals surface area contributed by atoms with E-state index in [1.54, 1.807) is 6.07 Å². The molecular formula is C16H26Cl2IN3O. The van der Waals surface area contributed by atoms with Gasteiger partial charge in [-0.3, -0.25) is 4.99 Å². The highest BCUT2D eigenvalue weighted by Crippen LogP contribution is 2.25. The van der Waals surface area contributed by atoms with Gasteiger partial charge in [0.2, 0.25) is 0 Å². The van der Waals surface area contributed by atoms with Gasteiger partial charge in [0.05, 0.1) is 12.1 Å². The Balaban J connectivity index is 0.00000484. The minimum absolute atomic E-state index is 0. The van der Waals surface area contributed by atoms with Gasteiger partial charge in [-0.1, -0.05) is 29.3 Å². The van der Waals surface area contributed by atoms with Crippen molar-refractivity contribution in [1.82, 2.24) is 5.32 Å². The van der Waals surface area contributed by atoms with E-state index in [0.29, 0.717) is 22.5 Å². The Bertz CT molecular complexity index is 498. The zero-order valence-corrected chi connectivity index (χ0v) is 17.7. The Labute approximate surface area is 166 Å². The first-order valence-electron chi connectivity index (χ1n) is 7.53. The van der Waals surface area contributed by atoms with Crippen LogP contribution < -0.4 is 11.1 Å². The predicted molar refractivity (Wildman–Crippen MR) is 110 cm³/mol. The Morgan fingerprint density at radius 3 is 2.57 bits per heavy atom. The molecule has 0 aliphatic carbocycles. The number of unbranched alkanes of at least 4 members (excludes halogenated alkanes) is 1. The first kappa shape index (κ1) is 22.8. The molecule has 7 heteroatoms. The van der Waals surface area contributed by atoms with Crippen LogP contribution in [0.3, 0.4) is 0 Å². The summed E-state index contributed by atoms with van der Waals surface area (Å²) in [6, 6.07) is 5.39. The predicted octanol–water partition coefficient (Wildman–Crippen LogP) is 4.78. The van der Waals surface area contributed by atoms with Crippen molar-refractivity contribution >= 4 is 53.1 Å². The third-order valence-electron chi connectivity index (χ3n) is 3.08. The number of hydrogen-bond donors (Lipinski definition) is 2. The van der Waals surface area contributed by atoms with E-state index in [9.17, 15) is 0 Å². The summed E-state index contributed by atoms with van der Waals surface area (Å²) in [5.74, 6) is 0.420. The molecule has 4 nitrogen and oxygen atoms in total. The molecule has 3 N–H and O–H groups in total. The number of hydrogen-bond acceptors (Lipinski definition) is 2. The van der Waals surface area contributed by atoms with E-state index in [2.05, 4.69) is 10.3 Å². The number of guanidine groups is 1. The largest absolute Gasteiger partial charge is 0.379 e. The molecular weight excluding hydrogens is 448 g/mol. The van der Waals surface area contributed by atoms with Crippen molar-refractivity contribution in [3.8, 4) is 0 Å².